The van der Waals surface area contributed by atoms with Gasteiger partial charge in [-0.3, -0.25) is 0 Å². The van der Waals surface area contributed by atoms with Crippen LogP contribution in [-0.4, -0.2) is 12.6 Å². The van der Waals surface area contributed by atoms with E-state index in [0.29, 0.717) is 23.8 Å². The summed E-state index contributed by atoms with van der Waals surface area (Å²) < 4.78 is 5.05. The first-order chi connectivity index (χ1) is 6.59. The van der Waals surface area contributed by atoms with Gasteiger partial charge in [-0.05, 0) is 24.1 Å². The number of rotatable bonds is 3. The molecule has 0 amide bonds. The van der Waals surface area contributed by atoms with Crippen molar-refractivity contribution in [1.29, 1.82) is 0 Å². The van der Waals surface area contributed by atoms with Gasteiger partial charge in [-0.15, -0.1) is 0 Å². The standard InChI is InChI=1S/C11H15NO2/c1-8(2)7-14-11(13)9-4-3-5-10(12)6-9/h3-6,8H,7,12H2,1-2H3. The van der Waals surface area contributed by atoms with E-state index < -0.39 is 0 Å². The predicted octanol–water partition coefficient (Wildman–Crippen LogP) is 2.08. The monoisotopic (exact) mass is 193 g/mol. The number of carbonyl (C=O) groups is 1. The van der Waals surface area contributed by atoms with Crippen LogP contribution >= 0.6 is 0 Å². The Morgan fingerprint density at radius 3 is 2.79 bits per heavy atom. The van der Waals surface area contributed by atoms with Crippen molar-refractivity contribution in [3.05, 3.63) is 29.8 Å². The van der Waals surface area contributed by atoms with Crippen molar-refractivity contribution in [1.82, 2.24) is 0 Å². The predicted molar refractivity (Wildman–Crippen MR) is 56.0 cm³/mol. The second-order valence-electron chi connectivity index (χ2n) is 3.62. The van der Waals surface area contributed by atoms with Gasteiger partial charge in [0.2, 0.25) is 0 Å². The van der Waals surface area contributed by atoms with Crippen molar-refractivity contribution >= 4 is 11.7 Å². The maximum absolute atomic E-state index is 11.4. The molecule has 0 aliphatic carbocycles. The van der Waals surface area contributed by atoms with Crippen LogP contribution in [0.2, 0.25) is 0 Å². The zero-order valence-corrected chi connectivity index (χ0v) is 8.49. The Morgan fingerprint density at radius 2 is 2.21 bits per heavy atom. The number of anilines is 1. The van der Waals surface area contributed by atoms with E-state index >= 15 is 0 Å². The average molecular weight is 193 g/mol. The van der Waals surface area contributed by atoms with Crippen molar-refractivity contribution in [2.24, 2.45) is 5.92 Å². The Bertz CT molecular complexity index is 321. The zero-order valence-electron chi connectivity index (χ0n) is 8.49. The molecule has 1 aromatic rings. The third-order valence-corrected chi connectivity index (χ3v) is 1.67. The number of nitrogen functional groups attached to an aromatic ring is 1. The molecule has 0 saturated carbocycles. The molecule has 0 aliphatic heterocycles. The van der Waals surface area contributed by atoms with Crippen LogP contribution in [0.4, 0.5) is 5.69 Å². The van der Waals surface area contributed by atoms with Gasteiger partial charge in [-0.2, -0.15) is 0 Å². The quantitative estimate of drug-likeness (QED) is 0.590. The first-order valence-corrected chi connectivity index (χ1v) is 4.62. The van der Waals surface area contributed by atoms with Gasteiger partial charge in [0, 0.05) is 5.69 Å². The van der Waals surface area contributed by atoms with E-state index in [1.165, 1.54) is 0 Å². The van der Waals surface area contributed by atoms with E-state index in [1.807, 2.05) is 13.8 Å². The Labute approximate surface area is 83.9 Å². The van der Waals surface area contributed by atoms with Gasteiger partial charge in [-0.25, -0.2) is 4.79 Å². The summed E-state index contributed by atoms with van der Waals surface area (Å²) in [6.07, 6.45) is 0. The summed E-state index contributed by atoms with van der Waals surface area (Å²) in [7, 11) is 0. The van der Waals surface area contributed by atoms with Crippen molar-refractivity contribution in [2.75, 3.05) is 12.3 Å². The maximum atomic E-state index is 11.4. The van der Waals surface area contributed by atoms with Gasteiger partial charge < -0.3 is 10.5 Å². The molecule has 0 bridgehead atoms. The van der Waals surface area contributed by atoms with Crippen molar-refractivity contribution in [3.8, 4) is 0 Å². The summed E-state index contributed by atoms with van der Waals surface area (Å²) in [4.78, 5) is 11.4. The van der Waals surface area contributed by atoms with Crippen LogP contribution < -0.4 is 5.73 Å². The summed E-state index contributed by atoms with van der Waals surface area (Å²) in [5.74, 6) is 0.0333. The fourth-order valence-electron chi connectivity index (χ4n) is 0.991. The second kappa shape index (κ2) is 4.65. The number of ether oxygens (including phenoxy) is 1. The van der Waals surface area contributed by atoms with E-state index in [-0.39, 0.29) is 5.97 Å². The molecule has 1 aromatic carbocycles. The summed E-state index contributed by atoms with van der Waals surface area (Å²) in [5, 5.41) is 0. The van der Waals surface area contributed by atoms with Crippen molar-refractivity contribution in [2.45, 2.75) is 13.8 Å². The minimum Gasteiger partial charge on any atom is -0.462 e. The van der Waals surface area contributed by atoms with E-state index in [2.05, 4.69) is 0 Å². The number of hydrogen-bond donors (Lipinski definition) is 1. The Balaban J connectivity index is 2.61. The fraction of sp³-hybridized carbons (Fsp3) is 0.364. The lowest BCUT2D eigenvalue weighted by atomic mass is 10.2. The Morgan fingerprint density at radius 1 is 1.50 bits per heavy atom. The normalized spacial score (nSPS) is 10.2. The van der Waals surface area contributed by atoms with Gasteiger partial charge >= 0.3 is 5.97 Å². The largest absolute Gasteiger partial charge is 0.462 e. The van der Waals surface area contributed by atoms with Gasteiger partial charge in [-0.1, -0.05) is 19.9 Å². The molecule has 3 heteroatoms. The number of esters is 1. The van der Waals surface area contributed by atoms with Crippen LogP contribution in [0, 0.1) is 5.92 Å². The number of hydrogen-bond acceptors (Lipinski definition) is 3. The lowest BCUT2D eigenvalue weighted by Crippen LogP contribution is -2.10. The maximum Gasteiger partial charge on any atom is 0.338 e. The van der Waals surface area contributed by atoms with Gasteiger partial charge in [0.05, 0.1) is 12.2 Å². The summed E-state index contributed by atoms with van der Waals surface area (Å²) in [5.41, 5.74) is 6.62. The highest BCUT2D eigenvalue weighted by Gasteiger charge is 2.07. The lowest BCUT2D eigenvalue weighted by Gasteiger charge is -2.07. The summed E-state index contributed by atoms with van der Waals surface area (Å²) in [6.45, 7) is 4.42. The molecule has 3 nitrogen and oxygen atoms in total. The smallest absolute Gasteiger partial charge is 0.338 e. The number of benzene rings is 1. The van der Waals surface area contributed by atoms with Crippen LogP contribution in [-0.2, 0) is 4.74 Å². The van der Waals surface area contributed by atoms with Gasteiger partial charge in [0.1, 0.15) is 0 Å². The van der Waals surface area contributed by atoms with E-state index in [0.717, 1.165) is 0 Å². The molecular weight excluding hydrogens is 178 g/mol. The summed E-state index contributed by atoms with van der Waals surface area (Å²) in [6, 6.07) is 6.78. The first-order valence-electron chi connectivity index (χ1n) is 4.62. The van der Waals surface area contributed by atoms with E-state index in [9.17, 15) is 4.79 Å². The third-order valence-electron chi connectivity index (χ3n) is 1.67. The Kier molecular flexibility index (Phi) is 3.51. The highest BCUT2D eigenvalue weighted by atomic mass is 16.5. The SMILES string of the molecule is CC(C)COC(=O)c1cccc(N)c1. The lowest BCUT2D eigenvalue weighted by molar-refractivity contribution is 0.0459. The number of carbonyl (C=O) groups excluding carboxylic acids is 1. The molecule has 2 N–H and O–H groups in total. The van der Waals surface area contributed by atoms with E-state index in [1.54, 1.807) is 24.3 Å². The van der Waals surface area contributed by atoms with Gasteiger partial charge in [0.25, 0.3) is 0 Å². The molecular formula is C11H15NO2. The molecule has 0 unspecified atom stereocenters. The van der Waals surface area contributed by atoms with Gasteiger partial charge in [0.15, 0.2) is 0 Å². The molecule has 0 aliphatic rings. The molecule has 0 heterocycles. The third kappa shape index (κ3) is 3.09. The van der Waals surface area contributed by atoms with Crippen molar-refractivity contribution < 1.29 is 9.53 Å². The van der Waals surface area contributed by atoms with Crippen LogP contribution in [0.3, 0.4) is 0 Å². The minimum absolute atomic E-state index is 0.314. The Hall–Kier alpha value is -1.51. The molecule has 1 rings (SSSR count). The molecule has 0 fully saturated rings. The molecule has 0 saturated heterocycles. The van der Waals surface area contributed by atoms with Crippen LogP contribution in [0.1, 0.15) is 24.2 Å². The first kappa shape index (κ1) is 10.6. The highest BCUT2D eigenvalue weighted by Crippen LogP contribution is 2.08. The highest BCUT2D eigenvalue weighted by molar-refractivity contribution is 5.90. The second-order valence-corrected chi connectivity index (χ2v) is 3.62. The van der Waals surface area contributed by atoms with Crippen molar-refractivity contribution in [3.63, 3.8) is 0 Å². The molecule has 0 spiro atoms. The average Bonchev–Trinajstić information content (AvgIpc) is 2.14. The zero-order chi connectivity index (χ0) is 10.6. The fourth-order valence-corrected chi connectivity index (χ4v) is 0.991. The van der Waals surface area contributed by atoms with Crippen LogP contribution in [0.5, 0.6) is 0 Å². The molecule has 76 valence electrons. The topological polar surface area (TPSA) is 52.3 Å². The molecule has 14 heavy (non-hydrogen) atoms. The summed E-state index contributed by atoms with van der Waals surface area (Å²) >= 11 is 0. The molecule has 0 aromatic heterocycles. The minimum atomic E-state index is -0.314. The molecule has 0 atom stereocenters. The van der Waals surface area contributed by atoms with Crippen LogP contribution in [0.15, 0.2) is 24.3 Å². The van der Waals surface area contributed by atoms with Crippen LogP contribution in [0.25, 0.3) is 0 Å². The number of nitrogens with two attached hydrogens (primary N) is 1. The molecule has 0 radical (unpaired) electrons. The van der Waals surface area contributed by atoms with E-state index in [4.69, 9.17) is 10.5 Å².